The van der Waals surface area contributed by atoms with Gasteiger partial charge in [0.15, 0.2) is 5.83 Å². The average Bonchev–Trinajstić information content (AvgIpc) is 2.82. The van der Waals surface area contributed by atoms with Crippen LogP contribution in [-0.2, 0) is 0 Å². The maximum absolute atomic E-state index is 14.9. The lowest BCUT2D eigenvalue weighted by atomic mass is 9.82. The first-order chi connectivity index (χ1) is 17.4. The van der Waals surface area contributed by atoms with Gasteiger partial charge in [-0.3, -0.25) is 0 Å². The van der Waals surface area contributed by atoms with Crippen LogP contribution in [0.2, 0.25) is 0 Å². The fraction of sp³-hybridized carbons (Fsp3) is 0.286. The van der Waals surface area contributed by atoms with E-state index in [4.69, 9.17) is 0 Å². The van der Waals surface area contributed by atoms with Crippen molar-refractivity contribution in [3.05, 3.63) is 76.6 Å². The lowest BCUT2D eigenvalue weighted by Crippen LogP contribution is -2.13. The molecule has 4 rings (SSSR count). The van der Waals surface area contributed by atoms with Crippen molar-refractivity contribution in [3.8, 4) is 23.0 Å². The van der Waals surface area contributed by atoms with E-state index in [1.807, 2.05) is 6.92 Å². The van der Waals surface area contributed by atoms with Gasteiger partial charge >= 0.3 is 6.18 Å². The maximum Gasteiger partial charge on any atom is 0.458 e. The normalized spacial score (nSPS) is 18.9. The molecule has 1 aliphatic carbocycles. The molecule has 0 saturated heterocycles. The summed E-state index contributed by atoms with van der Waals surface area (Å²) in [6, 6.07) is 5.07. The molecule has 1 aliphatic rings. The van der Waals surface area contributed by atoms with E-state index in [1.54, 1.807) is 0 Å². The molecule has 0 heterocycles. The van der Waals surface area contributed by atoms with Crippen molar-refractivity contribution in [3.63, 3.8) is 0 Å². The first-order valence-electron chi connectivity index (χ1n) is 11.4. The minimum atomic E-state index is -4.97. The van der Waals surface area contributed by atoms with E-state index in [9.17, 15) is 39.5 Å². The standard InChI is InChI=1S/C28H19F9/c1-14-2-4-15(5-3-14)25(32)26(33)18-12-22(30)24(23(31)13-18)16-6-7-19-17(10-16)11-21(29)20(27(19)34)8-9-28(35,36)37/h6-7,10-15H,2-5H2,1H3/b26-25+. The Labute approximate surface area is 206 Å². The number of halogens is 9. The number of fused-ring (bicyclic) bond motifs is 1. The molecular formula is C28H19F9. The van der Waals surface area contributed by atoms with E-state index in [2.05, 4.69) is 0 Å². The fourth-order valence-corrected chi connectivity index (χ4v) is 4.54. The smallest absolute Gasteiger partial charge is 0.208 e. The molecule has 0 bridgehead atoms. The molecular weight excluding hydrogens is 507 g/mol. The van der Waals surface area contributed by atoms with Crippen molar-refractivity contribution >= 4 is 16.6 Å². The average molecular weight is 526 g/mol. The van der Waals surface area contributed by atoms with Gasteiger partial charge in [-0.05, 0) is 54.0 Å². The molecule has 37 heavy (non-hydrogen) atoms. The Morgan fingerprint density at radius 3 is 2.05 bits per heavy atom. The highest BCUT2D eigenvalue weighted by Crippen LogP contribution is 2.39. The molecule has 0 N–H and O–H groups in total. The summed E-state index contributed by atoms with van der Waals surface area (Å²) in [6.07, 6.45) is -2.68. The second-order valence-electron chi connectivity index (χ2n) is 9.16. The number of hydrogen-bond acceptors (Lipinski definition) is 0. The molecule has 0 nitrogen and oxygen atoms in total. The molecule has 1 saturated carbocycles. The van der Waals surface area contributed by atoms with Crippen LogP contribution in [0, 0.1) is 46.9 Å². The van der Waals surface area contributed by atoms with Gasteiger partial charge in [-0.15, -0.1) is 0 Å². The van der Waals surface area contributed by atoms with Gasteiger partial charge in [-0.1, -0.05) is 37.8 Å². The summed E-state index contributed by atoms with van der Waals surface area (Å²) in [6.45, 7) is 2.01. The first kappa shape index (κ1) is 26.6. The molecule has 0 radical (unpaired) electrons. The van der Waals surface area contributed by atoms with Gasteiger partial charge in [0.25, 0.3) is 0 Å². The van der Waals surface area contributed by atoms with E-state index in [-0.39, 0.29) is 16.3 Å². The predicted octanol–water partition coefficient (Wildman–Crippen LogP) is 9.41. The van der Waals surface area contributed by atoms with Crippen molar-refractivity contribution in [1.82, 2.24) is 0 Å². The molecule has 0 unspecified atom stereocenters. The molecule has 9 heteroatoms. The number of alkyl halides is 3. The summed E-state index contributed by atoms with van der Waals surface area (Å²) in [7, 11) is 0. The molecule has 3 aromatic carbocycles. The quantitative estimate of drug-likeness (QED) is 0.236. The second kappa shape index (κ2) is 10.2. The van der Waals surface area contributed by atoms with E-state index >= 15 is 0 Å². The summed E-state index contributed by atoms with van der Waals surface area (Å²) < 4.78 is 125. The molecule has 0 aliphatic heterocycles. The van der Waals surface area contributed by atoms with Gasteiger partial charge in [0.05, 0.1) is 11.1 Å². The van der Waals surface area contributed by atoms with Crippen molar-refractivity contribution in [2.24, 2.45) is 11.8 Å². The van der Waals surface area contributed by atoms with Crippen LogP contribution >= 0.6 is 0 Å². The highest BCUT2D eigenvalue weighted by Gasteiger charge is 2.27. The zero-order valence-corrected chi connectivity index (χ0v) is 19.3. The Morgan fingerprint density at radius 2 is 1.46 bits per heavy atom. The summed E-state index contributed by atoms with van der Waals surface area (Å²) in [5.41, 5.74) is -2.53. The molecule has 194 valence electrons. The van der Waals surface area contributed by atoms with Gasteiger partial charge in [0, 0.05) is 22.8 Å². The third kappa shape index (κ3) is 5.63. The first-order valence-corrected chi connectivity index (χ1v) is 11.4. The van der Waals surface area contributed by atoms with E-state index < -0.39 is 63.7 Å². The van der Waals surface area contributed by atoms with Crippen LogP contribution in [0.15, 0.2) is 42.2 Å². The monoisotopic (exact) mass is 526 g/mol. The van der Waals surface area contributed by atoms with E-state index in [1.165, 1.54) is 5.92 Å². The number of hydrogen-bond donors (Lipinski definition) is 0. The van der Waals surface area contributed by atoms with Crippen LogP contribution in [0.4, 0.5) is 39.5 Å². The molecule has 0 amide bonds. The zero-order chi connectivity index (χ0) is 27.1. The highest BCUT2D eigenvalue weighted by molar-refractivity contribution is 5.89. The third-order valence-corrected chi connectivity index (χ3v) is 6.53. The number of benzene rings is 3. The SMILES string of the molecule is CC1CCC(/C(F)=C(\F)c2cc(F)c(-c3ccc4c(F)c(C#CC(F)(F)F)c(F)cc4c3)c(F)c2)CC1. The van der Waals surface area contributed by atoms with Crippen LogP contribution in [0.3, 0.4) is 0 Å². The summed E-state index contributed by atoms with van der Waals surface area (Å²) in [5, 5.41) is -0.525. The van der Waals surface area contributed by atoms with Gasteiger partial charge in [0.2, 0.25) is 0 Å². The molecule has 0 spiro atoms. The zero-order valence-electron chi connectivity index (χ0n) is 19.3. The Morgan fingerprint density at radius 1 is 0.838 bits per heavy atom. The molecule has 0 aromatic heterocycles. The Balaban J connectivity index is 1.72. The second-order valence-corrected chi connectivity index (χ2v) is 9.16. The minimum absolute atomic E-state index is 0.173. The van der Waals surface area contributed by atoms with Gasteiger partial charge in [0.1, 0.15) is 29.1 Å². The van der Waals surface area contributed by atoms with Crippen LogP contribution in [0.5, 0.6) is 0 Å². The number of rotatable bonds is 3. The van der Waals surface area contributed by atoms with Gasteiger partial charge < -0.3 is 0 Å². The topological polar surface area (TPSA) is 0 Å². The molecule has 1 fully saturated rings. The summed E-state index contributed by atoms with van der Waals surface area (Å²) >= 11 is 0. The molecule has 3 aromatic rings. The fourth-order valence-electron chi connectivity index (χ4n) is 4.54. The van der Waals surface area contributed by atoms with Crippen LogP contribution in [0.25, 0.3) is 27.7 Å². The lowest BCUT2D eigenvalue weighted by molar-refractivity contribution is -0.0696. The lowest BCUT2D eigenvalue weighted by Gasteiger charge is -2.25. The summed E-state index contributed by atoms with van der Waals surface area (Å²) in [5.74, 6) is -5.70. The van der Waals surface area contributed by atoms with Crippen LogP contribution in [0.1, 0.15) is 43.7 Å². The van der Waals surface area contributed by atoms with Crippen molar-refractivity contribution < 1.29 is 39.5 Å². The van der Waals surface area contributed by atoms with E-state index in [0.29, 0.717) is 49.8 Å². The summed E-state index contributed by atoms with van der Waals surface area (Å²) in [4.78, 5) is 0. The van der Waals surface area contributed by atoms with Crippen LogP contribution < -0.4 is 0 Å². The Kier molecular flexibility index (Phi) is 7.31. The highest BCUT2D eigenvalue weighted by atomic mass is 19.4. The Hall–Kier alpha value is -3.41. The minimum Gasteiger partial charge on any atom is -0.208 e. The largest absolute Gasteiger partial charge is 0.458 e. The predicted molar refractivity (Wildman–Crippen MR) is 122 cm³/mol. The number of allylic oxidation sites excluding steroid dienone is 1. The van der Waals surface area contributed by atoms with E-state index in [0.717, 1.165) is 24.1 Å². The van der Waals surface area contributed by atoms with Crippen molar-refractivity contribution in [2.75, 3.05) is 0 Å². The van der Waals surface area contributed by atoms with Crippen molar-refractivity contribution in [1.29, 1.82) is 0 Å². The Bertz CT molecular complexity index is 1420. The van der Waals surface area contributed by atoms with Crippen molar-refractivity contribution in [2.45, 2.75) is 38.8 Å². The van der Waals surface area contributed by atoms with Gasteiger partial charge in [-0.2, -0.15) is 13.2 Å². The maximum atomic E-state index is 14.9. The third-order valence-electron chi connectivity index (χ3n) is 6.53. The van der Waals surface area contributed by atoms with Gasteiger partial charge in [-0.25, -0.2) is 26.3 Å². The van der Waals surface area contributed by atoms with Crippen LogP contribution in [-0.4, -0.2) is 6.18 Å². The molecule has 0 atom stereocenters.